The number of anilines is 2. The van der Waals surface area contributed by atoms with Crippen LogP contribution in [0.4, 0.5) is 11.9 Å². The zero-order valence-electron chi connectivity index (χ0n) is 12.9. The Balaban J connectivity index is 2.30. The SMILES string of the molecule is CNc1nc(OC)nc(N(CC(C)C)C2CCCC2)n1. The molecule has 6 heteroatoms. The smallest absolute Gasteiger partial charge is 0.322 e. The predicted octanol–water partition coefficient (Wildman–Crippen LogP) is 2.33. The number of hydrogen-bond donors (Lipinski definition) is 1. The van der Waals surface area contributed by atoms with E-state index in [0.29, 0.717) is 23.9 Å². The number of hydrogen-bond acceptors (Lipinski definition) is 6. The first-order valence-corrected chi connectivity index (χ1v) is 7.38. The second kappa shape index (κ2) is 6.72. The molecule has 0 radical (unpaired) electrons. The summed E-state index contributed by atoms with van der Waals surface area (Å²) in [5.41, 5.74) is 0. The lowest BCUT2D eigenvalue weighted by molar-refractivity contribution is 0.377. The van der Waals surface area contributed by atoms with Crippen LogP contribution in [0.3, 0.4) is 0 Å². The highest BCUT2D eigenvalue weighted by atomic mass is 16.5. The van der Waals surface area contributed by atoms with Crippen molar-refractivity contribution in [2.24, 2.45) is 5.92 Å². The average Bonchev–Trinajstić information content (AvgIpc) is 2.97. The van der Waals surface area contributed by atoms with E-state index in [4.69, 9.17) is 4.74 Å². The van der Waals surface area contributed by atoms with Gasteiger partial charge >= 0.3 is 6.01 Å². The highest BCUT2D eigenvalue weighted by Gasteiger charge is 2.26. The van der Waals surface area contributed by atoms with E-state index in [2.05, 4.69) is 39.0 Å². The Kier molecular flexibility index (Phi) is 4.98. The molecular formula is C14H25N5O. The van der Waals surface area contributed by atoms with Crippen LogP contribution in [0, 0.1) is 5.92 Å². The summed E-state index contributed by atoms with van der Waals surface area (Å²) < 4.78 is 5.19. The minimum absolute atomic E-state index is 0.367. The summed E-state index contributed by atoms with van der Waals surface area (Å²) >= 11 is 0. The highest BCUT2D eigenvalue weighted by Crippen LogP contribution is 2.28. The summed E-state index contributed by atoms with van der Waals surface area (Å²) in [6, 6.07) is 0.903. The molecule has 1 aliphatic rings. The number of nitrogens with one attached hydrogen (secondary N) is 1. The molecule has 1 saturated carbocycles. The van der Waals surface area contributed by atoms with Gasteiger partial charge in [0.15, 0.2) is 0 Å². The van der Waals surface area contributed by atoms with Gasteiger partial charge in [0.2, 0.25) is 11.9 Å². The fourth-order valence-corrected chi connectivity index (χ4v) is 2.68. The molecule has 0 amide bonds. The molecule has 0 bridgehead atoms. The topological polar surface area (TPSA) is 63.2 Å². The summed E-state index contributed by atoms with van der Waals surface area (Å²) in [6.45, 7) is 5.40. The van der Waals surface area contributed by atoms with Crippen LogP contribution in [0.1, 0.15) is 39.5 Å². The van der Waals surface area contributed by atoms with Crippen LogP contribution in [-0.2, 0) is 0 Å². The van der Waals surface area contributed by atoms with E-state index < -0.39 is 0 Å². The third-order valence-electron chi connectivity index (χ3n) is 3.59. The maximum Gasteiger partial charge on any atom is 0.322 e. The molecule has 0 aromatic carbocycles. The van der Waals surface area contributed by atoms with Crippen LogP contribution in [0.15, 0.2) is 0 Å². The molecule has 1 fully saturated rings. The van der Waals surface area contributed by atoms with Crippen molar-refractivity contribution in [2.45, 2.75) is 45.6 Å². The van der Waals surface area contributed by atoms with Gasteiger partial charge in [0, 0.05) is 19.6 Å². The molecule has 1 heterocycles. The van der Waals surface area contributed by atoms with Crippen molar-refractivity contribution in [3.63, 3.8) is 0 Å². The maximum absolute atomic E-state index is 5.19. The monoisotopic (exact) mass is 279 g/mol. The van der Waals surface area contributed by atoms with Gasteiger partial charge in [0.25, 0.3) is 0 Å². The summed E-state index contributed by atoms with van der Waals surface area (Å²) in [5, 5.41) is 2.97. The third-order valence-corrected chi connectivity index (χ3v) is 3.59. The lowest BCUT2D eigenvalue weighted by atomic mass is 10.1. The van der Waals surface area contributed by atoms with Crippen LogP contribution in [0.25, 0.3) is 0 Å². The molecule has 1 aliphatic carbocycles. The summed E-state index contributed by atoms with van der Waals surface area (Å²) in [4.78, 5) is 15.4. The quantitative estimate of drug-likeness (QED) is 0.862. The minimum atomic E-state index is 0.367. The van der Waals surface area contributed by atoms with E-state index in [9.17, 15) is 0 Å². The molecule has 1 aromatic rings. The van der Waals surface area contributed by atoms with Gasteiger partial charge in [-0.1, -0.05) is 26.7 Å². The van der Waals surface area contributed by atoms with E-state index >= 15 is 0 Å². The van der Waals surface area contributed by atoms with E-state index in [-0.39, 0.29) is 0 Å². The standard InChI is InChI=1S/C14H25N5O/c1-10(2)9-19(11-7-5-6-8-11)13-16-12(15-3)17-14(18-13)20-4/h10-11H,5-9H2,1-4H3,(H,15,16,17,18). The van der Waals surface area contributed by atoms with Crippen LogP contribution < -0.4 is 15.0 Å². The molecule has 0 aliphatic heterocycles. The minimum Gasteiger partial charge on any atom is -0.467 e. The number of nitrogens with zero attached hydrogens (tertiary/aromatic N) is 4. The van der Waals surface area contributed by atoms with Crippen LogP contribution in [0.2, 0.25) is 0 Å². The van der Waals surface area contributed by atoms with Gasteiger partial charge in [-0.25, -0.2) is 0 Å². The molecule has 6 nitrogen and oxygen atoms in total. The molecule has 112 valence electrons. The van der Waals surface area contributed by atoms with Crippen molar-refractivity contribution in [1.82, 2.24) is 15.0 Å². The summed E-state index contributed by atoms with van der Waals surface area (Å²) in [6.07, 6.45) is 5.02. The largest absolute Gasteiger partial charge is 0.467 e. The van der Waals surface area contributed by atoms with Gasteiger partial charge in [0.1, 0.15) is 0 Å². The summed E-state index contributed by atoms with van der Waals surface area (Å²) in [5.74, 6) is 1.84. The Morgan fingerprint density at radius 1 is 1.25 bits per heavy atom. The molecular weight excluding hydrogens is 254 g/mol. The third kappa shape index (κ3) is 3.49. The first-order chi connectivity index (χ1) is 9.63. The Morgan fingerprint density at radius 3 is 2.50 bits per heavy atom. The van der Waals surface area contributed by atoms with Crippen molar-refractivity contribution in [2.75, 3.05) is 30.9 Å². The lowest BCUT2D eigenvalue weighted by Gasteiger charge is -2.30. The molecule has 2 rings (SSSR count). The van der Waals surface area contributed by atoms with Gasteiger partial charge in [-0.2, -0.15) is 15.0 Å². The van der Waals surface area contributed by atoms with Crippen LogP contribution in [-0.4, -0.2) is 41.7 Å². The van der Waals surface area contributed by atoms with Gasteiger partial charge in [0.05, 0.1) is 7.11 Å². The fourth-order valence-electron chi connectivity index (χ4n) is 2.68. The van der Waals surface area contributed by atoms with E-state index in [1.807, 2.05) is 0 Å². The first kappa shape index (κ1) is 14.8. The highest BCUT2D eigenvalue weighted by molar-refractivity contribution is 5.39. The molecule has 1 N–H and O–H groups in total. The zero-order chi connectivity index (χ0) is 14.5. The molecule has 0 saturated heterocycles. The molecule has 0 spiro atoms. The number of methoxy groups -OCH3 is 1. The lowest BCUT2D eigenvalue weighted by Crippen LogP contribution is -2.37. The Labute approximate surface area is 121 Å². The van der Waals surface area contributed by atoms with Gasteiger partial charge in [-0.15, -0.1) is 0 Å². The van der Waals surface area contributed by atoms with E-state index in [1.54, 1.807) is 14.2 Å². The van der Waals surface area contributed by atoms with Gasteiger partial charge in [-0.3, -0.25) is 0 Å². The van der Waals surface area contributed by atoms with Gasteiger partial charge in [-0.05, 0) is 18.8 Å². The Bertz CT molecular complexity index is 409. The second-order valence-corrected chi connectivity index (χ2v) is 5.68. The van der Waals surface area contributed by atoms with Crippen LogP contribution >= 0.6 is 0 Å². The number of ether oxygens (including phenoxy) is 1. The van der Waals surface area contributed by atoms with Crippen molar-refractivity contribution in [1.29, 1.82) is 0 Å². The number of rotatable bonds is 6. The molecule has 0 atom stereocenters. The molecule has 20 heavy (non-hydrogen) atoms. The molecule has 1 aromatic heterocycles. The van der Waals surface area contributed by atoms with Crippen LogP contribution in [0.5, 0.6) is 6.01 Å². The first-order valence-electron chi connectivity index (χ1n) is 7.38. The van der Waals surface area contributed by atoms with E-state index in [1.165, 1.54) is 25.7 Å². The zero-order valence-corrected chi connectivity index (χ0v) is 12.9. The van der Waals surface area contributed by atoms with Gasteiger partial charge < -0.3 is 15.0 Å². The Hall–Kier alpha value is -1.59. The van der Waals surface area contributed by atoms with Crippen molar-refractivity contribution in [3.05, 3.63) is 0 Å². The maximum atomic E-state index is 5.19. The Morgan fingerprint density at radius 2 is 1.95 bits per heavy atom. The molecule has 0 unspecified atom stereocenters. The van der Waals surface area contributed by atoms with Crippen molar-refractivity contribution < 1.29 is 4.74 Å². The van der Waals surface area contributed by atoms with Crippen molar-refractivity contribution in [3.8, 4) is 6.01 Å². The predicted molar refractivity (Wildman–Crippen MR) is 80.4 cm³/mol. The number of aromatic nitrogens is 3. The fraction of sp³-hybridized carbons (Fsp3) is 0.786. The van der Waals surface area contributed by atoms with E-state index in [0.717, 1.165) is 12.5 Å². The summed E-state index contributed by atoms with van der Waals surface area (Å²) in [7, 11) is 3.39. The average molecular weight is 279 g/mol. The second-order valence-electron chi connectivity index (χ2n) is 5.68. The normalized spacial score (nSPS) is 15.7. The van der Waals surface area contributed by atoms with Crippen molar-refractivity contribution >= 4 is 11.9 Å².